The molecule has 1 fully saturated rings. The molecule has 0 bridgehead atoms. The molecule has 0 aliphatic carbocycles. The molecule has 2 aliphatic rings. The van der Waals surface area contributed by atoms with Crippen LogP contribution in [0.15, 0.2) is 30.3 Å². The number of hydrogen-bond acceptors (Lipinski definition) is 9. The predicted octanol–water partition coefficient (Wildman–Crippen LogP) is 4.08. The lowest BCUT2D eigenvalue weighted by molar-refractivity contribution is -0.121. The van der Waals surface area contributed by atoms with Crippen molar-refractivity contribution in [3.8, 4) is 6.01 Å². The van der Waals surface area contributed by atoms with E-state index >= 15 is 0 Å². The monoisotopic (exact) mass is 494 g/mol. The van der Waals surface area contributed by atoms with E-state index in [0.29, 0.717) is 37.1 Å². The van der Waals surface area contributed by atoms with Crippen molar-refractivity contribution in [2.45, 2.75) is 19.9 Å². The smallest absolute Gasteiger partial charge is 0.321 e. The Labute approximate surface area is 204 Å². The van der Waals surface area contributed by atoms with E-state index in [0.717, 1.165) is 26.7 Å². The zero-order valence-electron chi connectivity index (χ0n) is 19.1. The average molecular weight is 495 g/mol. The van der Waals surface area contributed by atoms with Crippen LogP contribution in [0.25, 0.3) is 21.0 Å². The fraction of sp³-hybridized carbons (Fsp3) is 0.333. The van der Waals surface area contributed by atoms with Crippen LogP contribution in [-0.4, -0.2) is 53.3 Å². The topological polar surface area (TPSA) is 110 Å². The zero-order chi connectivity index (χ0) is 24.2. The number of anilines is 3. The van der Waals surface area contributed by atoms with Crippen LogP contribution in [-0.2, 0) is 4.74 Å². The highest BCUT2D eigenvalue weighted by Gasteiger charge is 2.34. The zero-order valence-corrected chi connectivity index (χ0v) is 20.0. The second kappa shape index (κ2) is 8.28. The minimum atomic E-state index is -0.699. The number of aromatic nitrogens is 3. The second-order valence-electron chi connectivity index (χ2n) is 9.34. The van der Waals surface area contributed by atoms with E-state index in [1.807, 2.05) is 32.0 Å². The number of amides is 1. The molecular formula is C24H23FN6O3S. The van der Waals surface area contributed by atoms with E-state index in [2.05, 4.69) is 25.9 Å². The van der Waals surface area contributed by atoms with Crippen LogP contribution in [0.2, 0.25) is 0 Å². The Morgan fingerprint density at radius 3 is 2.89 bits per heavy atom. The maximum atomic E-state index is 14.1. The molecular weight excluding hydrogens is 471 g/mol. The summed E-state index contributed by atoms with van der Waals surface area (Å²) in [6.45, 7) is 6.16. The van der Waals surface area contributed by atoms with Crippen molar-refractivity contribution in [3.63, 3.8) is 0 Å². The van der Waals surface area contributed by atoms with Gasteiger partial charge in [-0.2, -0.15) is 14.4 Å². The van der Waals surface area contributed by atoms with Crippen molar-refractivity contribution < 1.29 is 18.7 Å². The van der Waals surface area contributed by atoms with E-state index in [-0.39, 0.29) is 29.2 Å². The third kappa shape index (κ3) is 4.10. The Balaban J connectivity index is 1.30. The van der Waals surface area contributed by atoms with E-state index in [1.165, 1.54) is 17.4 Å². The molecule has 0 unspecified atom stereocenters. The van der Waals surface area contributed by atoms with Crippen molar-refractivity contribution >= 4 is 55.6 Å². The molecule has 0 spiro atoms. The number of pyridine rings is 1. The summed E-state index contributed by atoms with van der Waals surface area (Å²) in [6, 6.07) is 8.82. The molecule has 180 valence electrons. The molecule has 5 heterocycles. The summed E-state index contributed by atoms with van der Waals surface area (Å²) in [5, 5.41) is 11.4. The van der Waals surface area contributed by atoms with Crippen LogP contribution in [0.3, 0.4) is 0 Å². The van der Waals surface area contributed by atoms with Gasteiger partial charge < -0.3 is 25.4 Å². The van der Waals surface area contributed by atoms with Crippen molar-refractivity contribution in [2.75, 3.05) is 37.0 Å². The first kappa shape index (κ1) is 21.9. The summed E-state index contributed by atoms with van der Waals surface area (Å²) >= 11 is 1.46. The van der Waals surface area contributed by atoms with E-state index in [4.69, 9.17) is 14.5 Å². The van der Waals surface area contributed by atoms with Gasteiger partial charge in [-0.3, -0.25) is 4.79 Å². The molecule has 1 aromatic carbocycles. The number of ether oxygens (including phenoxy) is 2. The third-order valence-electron chi connectivity index (χ3n) is 6.07. The third-order valence-corrected chi connectivity index (χ3v) is 7.23. The summed E-state index contributed by atoms with van der Waals surface area (Å²) in [5.74, 6) is -0.0247. The number of carbonyl (C=O) groups excluding carboxylic acids is 1. The molecule has 0 saturated carbocycles. The van der Waals surface area contributed by atoms with Crippen molar-refractivity contribution in [3.05, 3.63) is 41.2 Å². The van der Waals surface area contributed by atoms with Gasteiger partial charge in [0.15, 0.2) is 0 Å². The summed E-state index contributed by atoms with van der Waals surface area (Å²) in [6.07, 6.45) is 0. The molecule has 9 nitrogen and oxygen atoms in total. The number of thiophene rings is 1. The largest absolute Gasteiger partial charge is 0.463 e. The van der Waals surface area contributed by atoms with Gasteiger partial charge in [-0.1, -0.05) is 6.92 Å². The molecule has 2 aliphatic heterocycles. The van der Waals surface area contributed by atoms with Gasteiger partial charge in [-0.25, -0.2) is 4.98 Å². The molecule has 1 amide bonds. The fourth-order valence-corrected chi connectivity index (χ4v) is 5.32. The highest BCUT2D eigenvalue weighted by molar-refractivity contribution is 7.21. The second-order valence-corrected chi connectivity index (χ2v) is 10.4. The van der Waals surface area contributed by atoms with Crippen molar-refractivity contribution in [1.29, 1.82) is 0 Å². The lowest BCUT2D eigenvalue weighted by atomic mass is 9.90. The summed E-state index contributed by atoms with van der Waals surface area (Å²) in [5.41, 5.74) is 1.47. The first-order chi connectivity index (χ1) is 16.9. The van der Waals surface area contributed by atoms with Gasteiger partial charge in [0.25, 0.3) is 5.91 Å². The summed E-state index contributed by atoms with van der Waals surface area (Å²) in [4.78, 5) is 26.0. The van der Waals surface area contributed by atoms with Crippen LogP contribution in [0.5, 0.6) is 6.01 Å². The normalized spacial score (nSPS) is 18.8. The number of nitrogens with zero attached hydrogens (tertiary/aromatic N) is 3. The van der Waals surface area contributed by atoms with Gasteiger partial charge >= 0.3 is 6.01 Å². The van der Waals surface area contributed by atoms with Gasteiger partial charge in [0, 0.05) is 39.5 Å². The highest BCUT2D eigenvalue weighted by Crippen LogP contribution is 2.41. The van der Waals surface area contributed by atoms with Crippen LogP contribution in [0.1, 0.15) is 23.5 Å². The molecule has 3 N–H and O–H groups in total. The summed E-state index contributed by atoms with van der Waals surface area (Å²) in [7, 11) is 0. The fourth-order valence-electron chi connectivity index (χ4n) is 4.22. The molecule has 1 atom stereocenters. The van der Waals surface area contributed by atoms with Crippen LogP contribution >= 0.6 is 11.3 Å². The number of carbonyl (C=O) groups is 1. The quantitative estimate of drug-likeness (QED) is 0.356. The van der Waals surface area contributed by atoms with E-state index in [1.54, 1.807) is 6.07 Å². The van der Waals surface area contributed by atoms with Gasteiger partial charge in [0.05, 0.1) is 24.4 Å². The molecule has 1 saturated heterocycles. The first-order valence-electron chi connectivity index (χ1n) is 11.3. The SMILES string of the molecule is C[C@@H]1CNc2c(sc3ccc4nc(Nc5cc(F)nc(OCC6(C)COC6)n5)ccc4c23)C(=O)N1. The minimum Gasteiger partial charge on any atom is -0.463 e. The molecule has 6 rings (SSSR count). The van der Waals surface area contributed by atoms with Crippen LogP contribution < -0.4 is 20.7 Å². The Bertz CT molecular complexity index is 1470. The van der Waals surface area contributed by atoms with Gasteiger partial charge in [-0.15, -0.1) is 11.3 Å². The van der Waals surface area contributed by atoms with Crippen LogP contribution in [0, 0.1) is 11.4 Å². The van der Waals surface area contributed by atoms with Gasteiger partial charge in [0.1, 0.15) is 23.1 Å². The number of hydrogen-bond donors (Lipinski definition) is 3. The standard InChI is InChI=1S/C24H23FN6O3S/c1-12-8-26-20-19-13-3-6-17(28-14(13)4-5-15(19)35-21(20)22(32)27-12)30-18-7-16(25)29-23(31-18)34-11-24(2)9-33-10-24/h3-7,12,26H,8-11H2,1-2H3,(H,27,32)(H,28,29,30,31)/t12-/m1/s1. The number of rotatable bonds is 5. The average Bonchev–Trinajstić information content (AvgIpc) is 3.12. The van der Waals surface area contributed by atoms with Crippen LogP contribution in [0.4, 0.5) is 21.7 Å². The maximum absolute atomic E-state index is 14.1. The van der Waals surface area contributed by atoms with Gasteiger partial charge in [-0.05, 0) is 31.2 Å². The Hall–Kier alpha value is -3.57. The van der Waals surface area contributed by atoms with Crippen molar-refractivity contribution in [2.24, 2.45) is 5.41 Å². The predicted molar refractivity (Wildman–Crippen MR) is 132 cm³/mol. The van der Waals surface area contributed by atoms with E-state index in [9.17, 15) is 9.18 Å². The van der Waals surface area contributed by atoms with Gasteiger partial charge in [0.2, 0.25) is 5.95 Å². The van der Waals surface area contributed by atoms with E-state index < -0.39 is 5.95 Å². The molecule has 4 aromatic rings. The molecule has 0 radical (unpaired) electrons. The van der Waals surface area contributed by atoms with Crippen molar-refractivity contribution in [1.82, 2.24) is 20.3 Å². The lowest BCUT2D eigenvalue weighted by Crippen LogP contribution is -2.44. The first-order valence-corrected chi connectivity index (χ1v) is 12.1. The maximum Gasteiger partial charge on any atom is 0.321 e. The Morgan fingerprint density at radius 1 is 1.23 bits per heavy atom. The highest BCUT2D eigenvalue weighted by atomic mass is 32.1. The number of benzene rings is 1. The summed E-state index contributed by atoms with van der Waals surface area (Å²) < 4.78 is 26.0. The Kier molecular flexibility index (Phi) is 5.19. The number of halogens is 1. The Morgan fingerprint density at radius 2 is 2.09 bits per heavy atom. The lowest BCUT2D eigenvalue weighted by Gasteiger charge is -2.37. The number of nitrogens with one attached hydrogen (secondary N) is 3. The number of fused-ring (bicyclic) bond motifs is 5. The molecule has 11 heteroatoms. The molecule has 3 aromatic heterocycles. The minimum absolute atomic E-state index is 0.0353. The molecule has 35 heavy (non-hydrogen) atoms.